The molecule has 0 spiro atoms. The molecule has 1 saturated heterocycles. The van der Waals surface area contributed by atoms with E-state index in [4.69, 9.17) is 18.9 Å². The summed E-state index contributed by atoms with van der Waals surface area (Å²) in [6, 6.07) is 7.99. The molecule has 4 nitrogen and oxygen atoms in total. The van der Waals surface area contributed by atoms with E-state index >= 15 is 0 Å². The zero-order valence-electron chi connectivity index (χ0n) is 17.7. The number of benzene rings is 1. The normalized spacial score (nSPS) is 23.2. The van der Waals surface area contributed by atoms with Crippen molar-refractivity contribution in [2.45, 2.75) is 84.6 Å². The highest BCUT2D eigenvalue weighted by molar-refractivity contribution is 5.26. The number of methoxy groups -OCH3 is 1. The van der Waals surface area contributed by atoms with Crippen molar-refractivity contribution >= 4 is 0 Å². The topological polar surface area (TPSA) is 36.9 Å². The summed E-state index contributed by atoms with van der Waals surface area (Å²) in [5.74, 6) is 0.898. The van der Waals surface area contributed by atoms with E-state index in [0.717, 1.165) is 30.6 Å². The van der Waals surface area contributed by atoms with E-state index in [-0.39, 0.29) is 18.3 Å². The van der Waals surface area contributed by atoms with Gasteiger partial charge in [0.15, 0.2) is 5.79 Å². The summed E-state index contributed by atoms with van der Waals surface area (Å²) in [5, 5.41) is 0. The molecule has 27 heavy (non-hydrogen) atoms. The Bertz CT molecular complexity index is 577. The van der Waals surface area contributed by atoms with Gasteiger partial charge in [-0.05, 0) is 50.3 Å². The molecule has 2 rings (SSSR count). The molecular weight excluding hydrogens is 340 g/mol. The van der Waals surface area contributed by atoms with E-state index in [9.17, 15) is 0 Å². The first-order valence-corrected chi connectivity index (χ1v) is 10.1. The van der Waals surface area contributed by atoms with Crippen LogP contribution in [0.15, 0.2) is 36.4 Å². The highest BCUT2D eigenvalue weighted by Gasteiger charge is 2.44. The first-order valence-electron chi connectivity index (χ1n) is 10.1. The molecule has 0 saturated carbocycles. The van der Waals surface area contributed by atoms with Crippen LogP contribution in [0.2, 0.25) is 0 Å². The minimum Gasteiger partial charge on any atom is -0.497 e. The van der Waals surface area contributed by atoms with Crippen molar-refractivity contribution in [1.29, 1.82) is 0 Å². The van der Waals surface area contributed by atoms with Crippen LogP contribution in [0.25, 0.3) is 0 Å². The second kappa shape index (κ2) is 10.3. The zero-order valence-corrected chi connectivity index (χ0v) is 17.7. The first kappa shape index (κ1) is 21.9. The molecule has 4 heteroatoms. The molecule has 0 aromatic heterocycles. The molecule has 0 amide bonds. The largest absolute Gasteiger partial charge is 0.497 e. The standard InChI is InChI=1S/C23H36O4/c1-7-9-21-22(27-23(4,5)26-21)20(11-8-10-17(2)3)25-16-18-12-14-19(24-6)15-13-18/h8,11-15,17,20-22H,7,9-10,16H2,1-6H3/b11-8-/t20?,21-,22+/m0/s1. The molecule has 3 atom stereocenters. The average molecular weight is 377 g/mol. The van der Waals surface area contributed by atoms with Crippen molar-refractivity contribution in [2.75, 3.05) is 7.11 Å². The van der Waals surface area contributed by atoms with Gasteiger partial charge in [0.1, 0.15) is 18.0 Å². The van der Waals surface area contributed by atoms with E-state index in [2.05, 4.69) is 32.9 Å². The van der Waals surface area contributed by atoms with Gasteiger partial charge in [-0.3, -0.25) is 0 Å². The Morgan fingerprint density at radius 2 is 1.85 bits per heavy atom. The molecule has 1 heterocycles. The minimum atomic E-state index is -0.571. The van der Waals surface area contributed by atoms with Gasteiger partial charge < -0.3 is 18.9 Å². The molecule has 1 unspecified atom stereocenters. The van der Waals surface area contributed by atoms with Gasteiger partial charge in [-0.25, -0.2) is 0 Å². The highest BCUT2D eigenvalue weighted by atomic mass is 16.8. The molecule has 0 radical (unpaired) electrons. The quantitative estimate of drug-likeness (QED) is 0.505. The van der Waals surface area contributed by atoms with E-state index in [1.165, 1.54) is 0 Å². The Kier molecular flexibility index (Phi) is 8.33. The number of ether oxygens (including phenoxy) is 4. The van der Waals surface area contributed by atoms with Crippen molar-refractivity contribution in [3.8, 4) is 5.75 Å². The average Bonchev–Trinajstić information content (AvgIpc) is 2.92. The number of rotatable bonds is 10. The van der Waals surface area contributed by atoms with Crippen molar-refractivity contribution in [1.82, 2.24) is 0 Å². The fourth-order valence-corrected chi connectivity index (χ4v) is 3.31. The van der Waals surface area contributed by atoms with Crippen molar-refractivity contribution < 1.29 is 18.9 Å². The number of hydrogen-bond acceptors (Lipinski definition) is 4. The van der Waals surface area contributed by atoms with Crippen molar-refractivity contribution in [3.05, 3.63) is 42.0 Å². The van der Waals surface area contributed by atoms with Crippen LogP contribution in [0.5, 0.6) is 5.75 Å². The molecule has 1 aliphatic rings. The Balaban J connectivity index is 2.10. The summed E-state index contributed by atoms with van der Waals surface area (Å²) >= 11 is 0. The summed E-state index contributed by atoms with van der Waals surface area (Å²) in [7, 11) is 1.67. The second-order valence-corrected chi connectivity index (χ2v) is 8.11. The van der Waals surface area contributed by atoms with Gasteiger partial charge in [0.2, 0.25) is 0 Å². The molecule has 1 aromatic carbocycles. The second-order valence-electron chi connectivity index (χ2n) is 8.11. The van der Waals surface area contributed by atoms with Crippen LogP contribution in [-0.2, 0) is 20.8 Å². The summed E-state index contributed by atoms with van der Waals surface area (Å²) < 4.78 is 23.9. The van der Waals surface area contributed by atoms with Gasteiger partial charge >= 0.3 is 0 Å². The predicted molar refractivity (Wildman–Crippen MR) is 109 cm³/mol. The maximum absolute atomic E-state index is 6.30. The third kappa shape index (κ3) is 6.95. The molecule has 0 N–H and O–H groups in total. The molecule has 152 valence electrons. The predicted octanol–water partition coefficient (Wildman–Crippen LogP) is 5.50. The molecule has 1 fully saturated rings. The van der Waals surface area contributed by atoms with E-state index < -0.39 is 5.79 Å². The minimum absolute atomic E-state index is 0.0505. The summed E-state index contributed by atoms with van der Waals surface area (Å²) in [6.07, 6.45) is 7.23. The van der Waals surface area contributed by atoms with Crippen LogP contribution in [0.3, 0.4) is 0 Å². The molecule has 0 bridgehead atoms. The van der Waals surface area contributed by atoms with Gasteiger partial charge in [0.05, 0.1) is 19.8 Å². The summed E-state index contributed by atoms with van der Waals surface area (Å²) in [6.45, 7) is 11.1. The van der Waals surface area contributed by atoms with E-state index in [1.54, 1.807) is 7.11 Å². The van der Waals surface area contributed by atoms with Crippen LogP contribution in [0.4, 0.5) is 0 Å². The Morgan fingerprint density at radius 1 is 1.15 bits per heavy atom. The summed E-state index contributed by atoms with van der Waals surface area (Å²) in [5.41, 5.74) is 1.11. The maximum Gasteiger partial charge on any atom is 0.163 e. The third-order valence-electron chi connectivity index (χ3n) is 4.65. The monoisotopic (exact) mass is 376 g/mol. The molecule has 0 aliphatic carbocycles. The van der Waals surface area contributed by atoms with E-state index in [1.807, 2.05) is 38.1 Å². The van der Waals surface area contributed by atoms with Gasteiger partial charge in [-0.2, -0.15) is 0 Å². The lowest BCUT2D eigenvalue weighted by atomic mass is 10.0. The Labute approximate surface area is 164 Å². The Hall–Kier alpha value is -1.36. The van der Waals surface area contributed by atoms with Crippen molar-refractivity contribution in [3.63, 3.8) is 0 Å². The molecular formula is C23H36O4. The molecule has 1 aliphatic heterocycles. The van der Waals surface area contributed by atoms with Gasteiger partial charge in [-0.1, -0.05) is 51.5 Å². The molecule has 1 aromatic rings. The SMILES string of the molecule is CCC[C@@H]1OC(C)(C)O[C@@H]1C(/C=C\CC(C)C)OCc1ccc(OC)cc1. The maximum atomic E-state index is 6.30. The Morgan fingerprint density at radius 3 is 2.44 bits per heavy atom. The van der Waals surface area contributed by atoms with Gasteiger partial charge in [0.25, 0.3) is 0 Å². The van der Waals surface area contributed by atoms with Crippen LogP contribution < -0.4 is 4.74 Å². The third-order valence-corrected chi connectivity index (χ3v) is 4.65. The van der Waals surface area contributed by atoms with Crippen LogP contribution in [0.1, 0.15) is 59.4 Å². The summed E-state index contributed by atoms with van der Waals surface area (Å²) in [4.78, 5) is 0. The lowest BCUT2D eigenvalue weighted by Gasteiger charge is -2.25. The lowest BCUT2D eigenvalue weighted by Crippen LogP contribution is -2.36. The fraction of sp³-hybridized carbons (Fsp3) is 0.652. The number of hydrogen-bond donors (Lipinski definition) is 0. The van der Waals surface area contributed by atoms with Gasteiger partial charge in [0, 0.05) is 0 Å². The lowest BCUT2D eigenvalue weighted by molar-refractivity contribution is -0.156. The van der Waals surface area contributed by atoms with Crippen molar-refractivity contribution in [2.24, 2.45) is 5.92 Å². The van der Waals surface area contributed by atoms with Crippen LogP contribution in [0, 0.1) is 5.92 Å². The highest BCUT2D eigenvalue weighted by Crippen LogP contribution is 2.34. The first-order chi connectivity index (χ1) is 12.8. The van der Waals surface area contributed by atoms with E-state index in [0.29, 0.717) is 12.5 Å². The fourth-order valence-electron chi connectivity index (χ4n) is 3.31. The number of allylic oxidation sites excluding steroid dienone is 1. The van der Waals surface area contributed by atoms with Crippen LogP contribution >= 0.6 is 0 Å². The smallest absolute Gasteiger partial charge is 0.163 e. The zero-order chi connectivity index (χ0) is 19.9. The van der Waals surface area contributed by atoms with Crippen LogP contribution in [-0.4, -0.2) is 31.2 Å². The van der Waals surface area contributed by atoms with Gasteiger partial charge in [-0.15, -0.1) is 0 Å².